The van der Waals surface area contributed by atoms with Crippen LogP contribution in [-0.2, 0) is 14.0 Å². The minimum atomic E-state index is -0.527. The van der Waals surface area contributed by atoms with E-state index in [4.69, 9.17) is 14.0 Å². The molecule has 0 aliphatic carbocycles. The minimum Gasteiger partial charge on any atom is -0.444 e. The van der Waals surface area contributed by atoms with Gasteiger partial charge in [-0.25, -0.2) is 9.78 Å². The quantitative estimate of drug-likeness (QED) is 0.264. The van der Waals surface area contributed by atoms with Crippen LogP contribution in [0.5, 0.6) is 0 Å². The van der Waals surface area contributed by atoms with Crippen LogP contribution >= 0.6 is 0 Å². The van der Waals surface area contributed by atoms with Gasteiger partial charge in [-0.15, -0.1) is 0 Å². The number of hydrogen-bond donors (Lipinski definition) is 1. The lowest BCUT2D eigenvalue weighted by molar-refractivity contribution is 0.00578. The predicted molar refractivity (Wildman–Crippen MR) is 168 cm³/mol. The van der Waals surface area contributed by atoms with Crippen molar-refractivity contribution >= 4 is 29.4 Å². The summed E-state index contributed by atoms with van der Waals surface area (Å²) in [6.45, 7) is 14.6. The summed E-state index contributed by atoms with van der Waals surface area (Å²) >= 11 is 0. The van der Waals surface area contributed by atoms with Gasteiger partial charge in [-0.2, -0.15) is 0 Å². The lowest BCUT2D eigenvalue weighted by atomic mass is 9.78. The zero-order chi connectivity index (χ0) is 29.9. The average Bonchev–Trinajstić information content (AvgIpc) is 3.65. The van der Waals surface area contributed by atoms with Gasteiger partial charge in [0.15, 0.2) is 0 Å². The van der Waals surface area contributed by atoms with Crippen molar-refractivity contribution in [2.45, 2.75) is 84.2 Å². The monoisotopic (exact) mass is 565 g/mol. The molecule has 7 nitrogen and oxygen atoms in total. The fraction of sp³-hybridized carbons (Fsp3) is 0.412. The Morgan fingerprint density at radius 3 is 2.17 bits per heavy atom. The van der Waals surface area contributed by atoms with Gasteiger partial charge in [0.25, 0.3) is 0 Å². The molecule has 2 saturated heterocycles. The van der Waals surface area contributed by atoms with Crippen molar-refractivity contribution in [2.75, 3.05) is 6.54 Å². The number of imidazole rings is 1. The summed E-state index contributed by atoms with van der Waals surface area (Å²) in [7, 11) is -0.365. The SMILES string of the molecule is CC(C)(C)OC(=O)N1CCCC1c1ncc(-c2ccc3cc(-c4ccc(B5OC(C)(C)C(C)(C)O5)cc4)ccc3c2)[nH]1. The molecule has 1 N–H and O–H groups in total. The van der Waals surface area contributed by atoms with E-state index in [1.54, 1.807) is 4.90 Å². The molecule has 2 aliphatic heterocycles. The number of H-pyrrole nitrogens is 1. The van der Waals surface area contributed by atoms with Gasteiger partial charge in [0.1, 0.15) is 11.4 Å². The first-order valence-electron chi connectivity index (χ1n) is 14.8. The molecule has 6 rings (SSSR count). The van der Waals surface area contributed by atoms with Crippen molar-refractivity contribution in [1.29, 1.82) is 0 Å². The van der Waals surface area contributed by atoms with E-state index in [1.165, 1.54) is 0 Å². The summed E-state index contributed by atoms with van der Waals surface area (Å²) < 4.78 is 18.1. The molecule has 0 spiro atoms. The van der Waals surface area contributed by atoms with Crippen LogP contribution in [0.15, 0.2) is 66.9 Å². The smallest absolute Gasteiger partial charge is 0.444 e. The number of aromatic nitrogens is 2. The van der Waals surface area contributed by atoms with Crippen molar-refractivity contribution in [3.05, 3.63) is 72.7 Å². The molecule has 0 saturated carbocycles. The van der Waals surface area contributed by atoms with Gasteiger partial charge < -0.3 is 19.0 Å². The molecule has 42 heavy (non-hydrogen) atoms. The zero-order valence-electron chi connectivity index (χ0n) is 25.7. The second-order valence-electron chi connectivity index (χ2n) is 13.5. The van der Waals surface area contributed by atoms with Crippen molar-refractivity contribution in [3.8, 4) is 22.4 Å². The topological polar surface area (TPSA) is 76.7 Å². The Kier molecular flexibility index (Phi) is 6.98. The van der Waals surface area contributed by atoms with Crippen LogP contribution in [0.2, 0.25) is 0 Å². The standard InChI is InChI=1S/C34H40BN3O4/c1-32(2,3)40-31(39)38-18-8-9-29(38)30-36-21-28(37-30)26-13-12-24-19-23(10-11-25(24)20-26)22-14-16-27(17-15-22)35-41-33(4,5)34(6,7)42-35/h10-17,19-21,29H,8-9,18H2,1-7H3,(H,36,37). The molecule has 2 aliphatic rings. The lowest BCUT2D eigenvalue weighted by Crippen LogP contribution is -2.41. The Balaban J connectivity index is 1.18. The highest BCUT2D eigenvalue weighted by atomic mass is 16.7. The van der Waals surface area contributed by atoms with E-state index >= 15 is 0 Å². The number of nitrogens with one attached hydrogen (secondary N) is 1. The van der Waals surface area contributed by atoms with Gasteiger partial charge in [-0.3, -0.25) is 4.90 Å². The molecule has 1 atom stereocenters. The van der Waals surface area contributed by atoms with Crippen LogP contribution in [0.4, 0.5) is 4.79 Å². The molecule has 3 heterocycles. The number of benzene rings is 3. The Morgan fingerprint density at radius 2 is 1.52 bits per heavy atom. The number of nitrogens with zero attached hydrogens (tertiary/aromatic N) is 2. The molecule has 0 bridgehead atoms. The number of carbonyl (C=O) groups excluding carboxylic acids is 1. The minimum absolute atomic E-state index is 0.104. The highest BCUT2D eigenvalue weighted by Gasteiger charge is 2.51. The molecule has 0 radical (unpaired) electrons. The second-order valence-corrected chi connectivity index (χ2v) is 13.5. The van der Waals surface area contributed by atoms with Crippen molar-refractivity contribution < 1.29 is 18.8 Å². The number of hydrogen-bond acceptors (Lipinski definition) is 5. The van der Waals surface area contributed by atoms with E-state index in [1.807, 2.05) is 27.0 Å². The Bertz CT molecular complexity index is 1600. The Morgan fingerprint density at radius 1 is 0.929 bits per heavy atom. The number of fused-ring (bicyclic) bond motifs is 1. The van der Waals surface area contributed by atoms with E-state index in [9.17, 15) is 4.79 Å². The lowest BCUT2D eigenvalue weighted by Gasteiger charge is -2.32. The maximum atomic E-state index is 12.8. The van der Waals surface area contributed by atoms with Gasteiger partial charge in [0, 0.05) is 12.1 Å². The zero-order valence-corrected chi connectivity index (χ0v) is 25.7. The van der Waals surface area contributed by atoms with Gasteiger partial charge in [-0.05, 0) is 101 Å². The van der Waals surface area contributed by atoms with Crippen LogP contribution in [0.1, 0.15) is 73.2 Å². The number of carbonyl (C=O) groups is 1. The molecular formula is C34H40BN3O4. The molecule has 1 amide bonds. The molecule has 218 valence electrons. The van der Waals surface area contributed by atoms with E-state index < -0.39 is 5.60 Å². The van der Waals surface area contributed by atoms with Crippen LogP contribution in [-0.4, -0.2) is 51.4 Å². The maximum absolute atomic E-state index is 12.8. The molecule has 2 fully saturated rings. The molecular weight excluding hydrogens is 525 g/mol. The van der Waals surface area contributed by atoms with Crippen molar-refractivity contribution in [3.63, 3.8) is 0 Å². The Hall–Kier alpha value is -3.62. The normalized spacial score (nSPS) is 19.9. The number of likely N-dealkylation sites (tertiary alicyclic amines) is 1. The molecule has 8 heteroatoms. The summed E-state index contributed by atoms with van der Waals surface area (Å²) in [5.41, 5.74) is 4.07. The van der Waals surface area contributed by atoms with E-state index in [-0.39, 0.29) is 30.5 Å². The third kappa shape index (κ3) is 5.46. The number of amides is 1. The summed E-state index contributed by atoms with van der Waals surface area (Å²) in [5, 5.41) is 2.32. The molecule has 1 aromatic heterocycles. The first-order chi connectivity index (χ1) is 19.8. The molecule has 3 aromatic carbocycles. The number of ether oxygens (including phenoxy) is 1. The van der Waals surface area contributed by atoms with Crippen LogP contribution in [0.25, 0.3) is 33.2 Å². The van der Waals surface area contributed by atoms with Gasteiger partial charge in [0.2, 0.25) is 0 Å². The van der Waals surface area contributed by atoms with Crippen LogP contribution in [0, 0.1) is 0 Å². The predicted octanol–water partition coefficient (Wildman–Crippen LogP) is 7.27. The summed E-state index contributed by atoms with van der Waals surface area (Å²) in [4.78, 5) is 22.7. The van der Waals surface area contributed by atoms with Crippen LogP contribution < -0.4 is 5.46 Å². The van der Waals surface area contributed by atoms with E-state index in [0.29, 0.717) is 6.54 Å². The van der Waals surface area contributed by atoms with Gasteiger partial charge in [-0.1, -0.05) is 48.5 Å². The summed E-state index contributed by atoms with van der Waals surface area (Å²) in [6.07, 6.45) is 3.37. The summed E-state index contributed by atoms with van der Waals surface area (Å²) in [5.74, 6) is 0.799. The fourth-order valence-corrected chi connectivity index (χ4v) is 5.65. The second kappa shape index (κ2) is 10.3. The average molecular weight is 566 g/mol. The van der Waals surface area contributed by atoms with E-state index in [0.717, 1.165) is 57.3 Å². The van der Waals surface area contributed by atoms with Crippen molar-refractivity contribution in [1.82, 2.24) is 14.9 Å². The van der Waals surface area contributed by atoms with Crippen molar-refractivity contribution in [2.24, 2.45) is 0 Å². The largest absolute Gasteiger partial charge is 0.494 e. The first kappa shape index (κ1) is 28.5. The Labute approximate surface area is 248 Å². The third-order valence-electron chi connectivity index (χ3n) is 8.71. The van der Waals surface area contributed by atoms with Crippen LogP contribution in [0.3, 0.4) is 0 Å². The first-order valence-corrected chi connectivity index (χ1v) is 14.8. The maximum Gasteiger partial charge on any atom is 0.494 e. The fourth-order valence-electron chi connectivity index (χ4n) is 5.65. The third-order valence-corrected chi connectivity index (χ3v) is 8.71. The number of rotatable bonds is 4. The van der Waals surface area contributed by atoms with E-state index in [2.05, 4.69) is 98.3 Å². The molecule has 4 aromatic rings. The molecule has 1 unspecified atom stereocenters. The highest BCUT2D eigenvalue weighted by molar-refractivity contribution is 6.62. The summed E-state index contributed by atoms with van der Waals surface area (Å²) in [6, 6.07) is 21.3. The highest BCUT2D eigenvalue weighted by Crippen LogP contribution is 2.37. The van der Waals surface area contributed by atoms with Gasteiger partial charge >= 0.3 is 13.2 Å². The number of aromatic amines is 1. The van der Waals surface area contributed by atoms with Gasteiger partial charge in [0.05, 0.1) is 29.1 Å².